The predicted octanol–water partition coefficient (Wildman–Crippen LogP) is 2.47. The van der Waals surface area contributed by atoms with Crippen LogP contribution in [-0.2, 0) is 17.6 Å². The van der Waals surface area contributed by atoms with Crippen LogP contribution in [0.4, 0.5) is 4.39 Å². The fraction of sp³-hybridized carbons (Fsp3) is 0.320. The summed E-state index contributed by atoms with van der Waals surface area (Å²) in [4.78, 5) is 40.7. The maximum Gasteiger partial charge on any atom is 0.268 e. The fourth-order valence-electron chi connectivity index (χ4n) is 4.53. The van der Waals surface area contributed by atoms with E-state index in [0.717, 1.165) is 34.9 Å². The standard InChI is InChI=1S/C25H27FN6O2/c1-31-9-11-32(12-10-31)22(33)14-20-18-3-2-7-27-24(18)30-23(20)25(34)28-8-6-16-15-29-21-5-4-17(26)13-19(16)21/h2-5,7,13,15,29H,6,8-12,14H2,1H3,(H,27,30)(H,28,34). The van der Waals surface area contributed by atoms with Gasteiger partial charge in [0, 0.05) is 67.0 Å². The average molecular weight is 463 g/mol. The summed E-state index contributed by atoms with van der Waals surface area (Å²) in [6, 6.07) is 8.29. The molecule has 0 bridgehead atoms. The molecule has 1 aromatic carbocycles. The van der Waals surface area contributed by atoms with Crippen LogP contribution in [-0.4, -0.2) is 76.3 Å². The molecule has 0 radical (unpaired) electrons. The molecule has 3 aromatic heterocycles. The smallest absolute Gasteiger partial charge is 0.268 e. The lowest BCUT2D eigenvalue weighted by atomic mass is 10.1. The van der Waals surface area contributed by atoms with Gasteiger partial charge in [-0.15, -0.1) is 0 Å². The third-order valence-corrected chi connectivity index (χ3v) is 6.50. The second kappa shape index (κ2) is 9.26. The van der Waals surface area contributed by atoms with E-state index in [1.807, 2.05) is 24.2 Å². The highest BCUT2D eigenvalue weighted by atomic mass is 19.1. The first kappa shape index (κ1) is 22.1. The number of carbonyl (C=O) groups is 2. The Morgan fingerprint density at radius 1 is 1.15 bits per heavy atom. The Kier molecular flexibility index (Phi) is 6.02. The monoisotopic (exact) mass is 462 g/mol. The molecule has 1 saturated heterocycles. The largest absolute Gasteiger partial charge is 0.361 e. The van der Waals surface area contributed by atoms with Crippen LogP contribution in [0.3, 0.4) is 0 Å². The van der Waals surface area contributed by atoms with Gasteiger partial charge in [-0.2, -0.15) is 0 Å². The van der Waals surface area contributed by atoms with Crippen LogP contribution >= 0.6 is 0 Å². The van der Waals surface area contributed by atoms with E-state index in [0.29, 0.717) is 43.0 Å². The summed E-state index contributed by atoms with van der Waals surface area (Å²) in [6.07, 6.45) is 4.18. The molecule has 5 rings (SSSR count). The number of aromatic nitrogens is 3. The van der Waals surface area contributed by atoms with Crippen molar-refractivity contribution in [1.82, 2.24) is 30.1 Å². The molecule has 34 heavy (non-hydrogen) atoms. The highest BCUT2D eigenvalue weighted by Crippen LogP contribution is 2.23. The van der Waals surface area contributed by atoms with Gasteiger partial charge in [-0.05, 0) is 49.4 Å². The lowest BCUT2D eigenvalue weighted by Gasteiger charge is -2.32. The molecule has 0 spiro atoms. The van der Waals surface area contributed by atoms with Gasteiger partial charge >= 0.3 is 0 Å². The molecule has 1 fully saturated rings. The highest BCUT2D eigenvalue weighted by molar-refractivity contribution is 6.02. The minimum absolute atomic E-state index is 0.00715. The van der Waals surface area contributed by atoms with Crippen molar-refractivity contribution in [3.8, 4) is 0 Å². The predicted molar refractivity (Wildman–Crippen MR) is 128 cm³/mol. The summed E-state index contributed by atoms with van der Waals surface area (Å²) in [5.41, 5.74) is 3.40. The number of pyridine rings is 1. The lowest BCUT2D eigenvalue weighted by Crippen LogP contribution is -2.47. The van der Waals surface area contributed by atoms with Crippen LogP contribution in [0.25, 0.3) is 21.9 Å². The third-order valence-electron chi connectivity index (χ3n) is 6.50. The number of aromatic amines is 2. The molecule has 0 saturated carbocycles. The molecule has 8 nitrogen and oxygen atoms in total. The van der Waals surface area contributed by atoms with Crippen LogP contribution in [0, 0.1) is 5.82 Å². The van der Waals surface area contributed by atoms with Gasteiger partial charge in [-0.1, -0.05) is 0 Å². The molecule has 0 unspecified atom stereocenters. The molecule has 4 heterocycles. The second-order valence-corrected chi connectivity index (χ2v) is 8.75. The first-order valence-electron chi connectivity index (χ1n) is 11.4. The number of amides is 2. The van der Waals surface area contributed by atoms with Gasteiger partial charge in [0.15, 0.2) is 0 Å². The number of hydrogen-bond donors (Lipinski definition) is 3. The molecule has 0 aliphatic carbocycles. The van der Waals surface area contributed by atoms with E-state index in [-0.39, 0.29) is 24.1 Å². The Morgan fingerprint density at radius 3 is 2.79 bits per heavy atom. The number of piperazine rings is 1. The van der Waals surface area contributed by atoms with E-state index in [9.17, 15) is 14.0 Å². The zero-order valence-electron chi connectivity index (χ0n) is 19.0. The normalized spacial score (nSPS) is 14.7. The number of fused-ring (bicyclic) bond motifs is 2. The topological polar surface area (TPSA) is 97.1 Å². The molecule has 9 heteroatoms. The Morgan fingerprint density at radius 2 is 1.97 bits per heavy atom. The van der Waals surface area contributed by atoms with Gasteiger partial charge in [-0.3, -0.25) is 9.59 Å². The molecule has 2 amide bonds. The van der Waals surface area contributed by atoms with E-state index in [4.69, 9.17) is 0 Å². The third kappa shape index (κ3) is 4.38. The first-order valence-corrected chi connectivity index (χ1v) is 11.4. The van der Waals surface area contributed by atoms with Crippen LogP contribution in [0.5, 0.6) is 0 Å². The maximum absolute atomic E-state index is 13.6. The van der Waals surface area contributed by atoms with Gasteiger partial charge in [0.2, 0.25) is 5.91 Å². The molecular formula is C25H27FN6O2. The van der Waals surface area contributed by atoms with Crippen LogP contribution in [0.1, 0.15) is 21.6 Å². The SMILES string of the molecule is CN1CCN(C(=O)Cc2c(C(=O)NCCc3c[nH]c4ccc(F)cc34)[nH]c3ncccc23)CC1. The van der Waals surface area contributed by atoms with E-state index >= 15 is 0 Å². The van der Waals surface area contributed by atoms with E-state index in [1.165, 1.54) is 12.1 Å². The van der Waals surface area contributed by atoms with Gasteiger partial charge < -0.3 is 25.1 Å². The molecule has 0 atom stereocenters. The maximum atomic E-state index is 13.6. The number of nitrogens with one attached hydrogen (secondary N) is 3. The number of likely N-dealkylation sites (N-methyl/N-ethyl adjacent to an activating group) is 1. The van der Waals surface area contributed by atoms with Crippen molar-refractivity contribution in [3.63, 3.8) is 0 Å². The summed E-state index contributed by atoms with van der Waals surface area (Å²) >= 11 is 0. The first-order chi connectivity index (χ1) is 16.5. The molecular weight excluding hydrogens is 435 g/mol. The Hall–Kier alpha value is -3.72. The van der Waals surface area contributed by atoms with Gasteiger partial charge in [0.1, 0.15) is 17.2 Å². The van der Waals surface area contributed by atoms with Crippen molar-refractivity contribution in [2.24, 2.45) is 0 Å². The van der Waals surface area contributed by atoms with Crippen molar-refractivity contribution in [2.45, 2.75) is 12.8 Å². The summed E-state index contributed by atoms with van der Waals surface area (Å²) in [6.45, 7) is 3.42. The van der Waals surface area contributed by atoms with Crippen molar-refractivity contribution in [1.29, 1.82) is 0 Å². The summed E-state index contributed by atoms with van der Waals surface area (Å²) in [5, 5.41) is 4.53. The van der Waals surface area contributed by atoms with Crippen molar-refractivity contribution in [2.75, 3.05) is 39.8 Å². The second-order valence-electron chi connectivity index (χ2n) is 8.75. The number of hydrogen-bond acceptors (Lipinski definition) is 4. The summed E-state index contributed by atoms with van der Waals surface area (Å²) in [5.74, 6) is -0.574. The zero-order chi connectivity index (χ0) is 23.7. The van der Waals surface area contributed by atoms with Crippen molar-refractivity contribution < 1.29 is 14.0 Å². The highest BCUT2D eigenvalue weighted by Gasteiger charge is 2.24. The van der Waals surface area contributed by atoms with E-state index in [2.05, 4.69) is 25.2 Å². The average Bonchev–Trinajstić information content (AvgIpc) is 3.41. The number of rotatable bonds is 6. The fourth-order valence-corrected chi connectivity index (χ4v) is 4.53. The minimum Gasteiger partial charge on any atom is -0.361 e. The zero-order valence-corrected chi connectivity index (χ0v) is 19.0. The van der Waals surface area contributed by atoms with Crippen LogP contribution in [0.2, 0.25) is 0 Å². The molecule has 1 aliphatic rings. The number of H-pyrrole nitrogens is 2. The Labute approximate surface area is 196 Å². The number of benzene rings is 1. The van der Waals surface area contributed by atoms with Crippen LogP contribution in [0.15, 0.2) is 42.7 Å². The van der Waals surface area contributed by atoms with E-state index in [1.54, 1.807) is 18.3 Å². The lowest BCUT2D eigenvalue weighted by molar-refractivity contribution is -0.132. The van der Waals surface area contributed by atoms with Crippen molar-refractivity contribution >= 4 is 33.8 Å². The quantitative estimate of drug-likeness (QED) is 0.410. The molecule has 1 aliphatic heterocycles. The van der Waals surface area contributed by atoms with Gasteiger partial charge in [-0.25, -0.2) is 9.37 Å². The Balaban J connectivity index is 1.31. The molecule has 176 valence electrons. The number of halogens is 1. The number of carbonyl (C=O) groups excluding carboxylic acids is 2. The molecule has 4 aromatic rings. The van der Waals surface area contributed by atoms with Crippen LogP contribution < -0.4 is 5.32 Å². The summed E-state index contributed by atoms with van der Waals surface area (Å²) in [7, 11) is 2.04. The van der Waals surface area contributed by atoms with Gasteiger partial charge in [0.25, 0.3) is 5.91 Å². The van der Waals surface area contributed by atoms with Crippen molar-refractivity contribution in [3.05, 3.63) is 65.4 Å². The van der Waals surface area contributed by atoms with E-state index < -0.39 is 0 Å². The molecule has 3 N–H and O–H groups in total. The Bertz CT molecular complexity index is 1350. The summed E-state index contributed by atoms with van der Waals surface area (Å²) < 4.78 is 13.6. The minimum atomic E-state index is -0.294. The van der Waals surface area contributed by atoms with Gasteiger partial charge in [0.05, 0.1) is 6.42 Å². The number of nitrogens with zero attached hydrogens (tertiary/aromatic N) is 3.